The Morgan fingerprint density at radius 2 is 2.00 bits per heavy atom. The standard InChI is InChI=1S/C14H11FN2O2/c1-8-2-5-13(18)12(6-8)17-11-4-3-9(15)7-10(11)16-14(17)19/h2-7,18H,1H3,(H,16,19). The van der Waals surface area contributed by atoms with Crippen molar-refractivity contribution in [2.75, 3.05) is 0 Å². The molecule has 4 nitrogen and oxygen atoms in total. The number of fused-ring (bicyclic) bond motifs is 1. The summed E-state index contributed by atoms with van der Waals surface area (Å²) >= 11 is 0. The summed E-state index contributed by atoms with van der Waals surface area (Å²) in [7, 11) is 0. The van der Waals surface area contributed by atoms with Crippen molar-refractivity contribution in [2.45, 2.75) is 6.92 Å². The second kappa shape index (κ2) is 3.98. The Balaban J connectivity index is 2.39. The first-order valence-electron chi connectivity index (χ1n) is 5.76. The van der Waals surface area contributed by atoms with E-state index in [1.54, 1.807) is 12.1 Å². The second-order valence-corrected chi connectivity index (χ2v) is 4.42. The molecule has 19 heavy (non-hydrogen) atoms. The lowest BCUT2D eigenvalue weighted by Gasteiger charge is -2.07. The highest BCUT2D eigenvalue weighted by atomic mass is 19.1. The maximum atomic E-state index is 13.1. The molecule has 0 aliphatic rings. The van der Waals surface area contributed by atoms with Gasteiger partial charge in [0.2, 0.25) is 0 Å². The molecule has 2 N–H and O–H groups in total. The van der Waals surface area contributed by atoms with Gasteiger partial charge < -0.3 is 10.1 Å². The summed E-state index contributed by atoms with van der Waals surface area (Å²) in [5.74, 6) is -0.424. The van der Waals surface area contributed by atoms with Crippen LogP contribution in [0.3, 0.4) is 0 Å². The maximum Gasteiger partial charge on any atom is 0.331 e. The molecule has 3 rings (SSSR count). The van der Waals surface area contributed by atoms with E-state index in [-0.39, 0.29) is 5.75 Å². The number of phenols is 1. The molecule has 1 heterocycles. The zero-order valence-corrected chi connectivity index (χ0v) is 10.1. The van der Waals surface area contributed by atoms with Crippen molar-refractivity contribution in [1.29, 1.82) is 0 Å². The molecule has 0 aliphatic carbocycles. The average Bonchev–Trinajstić information content (AvgIpc) is 2.67. The summed E-state index contributed by atoms with van der Waals surface area (Å²) in [6.07, 6.45) is 0. The Hall–Kier alpha value is -2.56. The van der Waals surface area contributed by atoms with Crippen LogP contribution in [0.5, 0.6) is 5.75 Å². The molecule has 0 fully saturated rings. The Bertz CT molecular complexity index is 833. The topological polar surface area (TPSA) is 58.0 Å². The van der Waals surface area contributed by atoms with E-state index in [0.29, 0.717) is 16.7 Å². The molecule has 0 radical (unpaired) electrons. The van der Waals surface area contributed by atoms with Crippen LogP contribution in [-0.2, 0) is 0 Å². The van der Waals surface area contributed by atoms with Gasteiger partial charge in [0.1, 0.15) is 11.6 Å². The van der Waals surface area contributed by atoms with Crippen LogP contribution in [0.25, 0.3) is 16.7 Å². The van der Waals surface area contributed by atoms with E-state index in [9.17, 15) is 14.3 Å². The fourth-order valence-corrected chi connectivity index (χ4v) is 2.14. The molecule has 0 spiro atoms. The third-order valence-electron chi connectivity index (χ3n) is 3.02. The van der Waals surface area contributed by atoms with Crippen molar-refractivity contribution < 1.29 is 9.50 Å². The van der Waals surface area contributed by atoms with Crippen LogP contribution in [0.2, 0.25) is 0 Å². The third-order valence-corrected chi connectivity index (χ3v) is 3.02. The molecule has 0 bridgehead atoms. The Morgan fingerprint density at radius 1 is 1.21 bits per heavy atom. The number of nitrogens with one attached hydrogen (secondary N) is 1. The number of rotatable bonds is 1. The van der Waals surface area contributed by atoms with Gasteiger partial charge in [0.05, 0.1) is 16.7 Å². The second-order valence-electron chi connectivity index (χ2n) is 4.42. The summed E-state index contributed by atoms with van der Waals surface area (Å²) in [6, 6.07) is 9.01. The highest BCUT2D eigenvalue weighted by Gasteiger charge is 2.12. The fourth-order valence-electron chi connectivity index (χ4n) is 2.14. The van der Waals surface area contributed by atoms with Gasteiger partial charge in [-0.25, -0.2) is 9.18 Å². The van der Waals surface area contributed by atoms with Gasteiger partial charge in [-0.15, -0.1) is 0 Å². The van der Waals surface area contributed by atoms with Crippen LogP contribution in [0.1, 0.15) is 5.56 Å². The van der Waals surface area contributed by atoms with Crippen molar-refractivity contribution in [3.63, 3.8) is 0 Å². The number of imidazole rings is 1. The van der Waals surface area contributed by atoms with E-state index in [1.165, 1.54) is 28.8 Å². The van der Waals surface area contributed by atoms with Crippen molar-refractivity contribution in [1.82, 2.24) is 9.55 Å². The highest BCUT2D eigenvalue weighted by molar-refractivity contribution is 5.78. The Kier molecular flexibility index (Phi) is 2.41. The quantitative estimate of drug-likeness (QED) is 0.704. The van der Waals surface area contributed by atoms with Crippen LogP contribution in [0.15, 0.2) is 41.2 Å². The van der Waals surface area contributed by atoms with Crippen LogP contribution in [0.4, 0.5) is 4.39 Å². The monoisotopic (exact) mass is 258 g/mol. The van der Waals surface area contributed by atoms with E-state index >= 15 is 0 Å². The molecular formula is C14H11FN2O2. The number of aryl methyl sites for hydroxylation is 1. The smallest absolute Gasteiger partial charge is 0.331 e. The lowest BCUT2D eigenvalue weighted by atomic mass is 10.2. The first-order valence-corrected chi connectivity index (χ1v) is 5.76. The van der Waals surface area contributed by atoms with E-state index in [1.807, 2.05) is 6.92 Å². The summed E-state index contributed by atoms with van der Waals surface area (Å²) < 4.78 is 14.5. The number of nitrogens with zero attached hydrogens (tertiary/aromatic N) is 1. The summed E-state index contributed by atoms with van der Waals surface area (Å²) in [5.41, 5.74) is 1.79. The molecular weight excluding hydrogens is 247 g/mol. The largest absolute Gasteiger partial charge is 0.506 e. The van der Waals surface area contributed by atoms with Crippen molar-refractivity contribution >= 4 is 11.0 Å². The number of hydrogen-bond acceptors (Lipinski definition) is 2. The average molecular weight is 258 g/mol. The van der Waals surface area contributed by atoms with Crippen molar-refractivity contribution in [3.05, 3.63) is 58.3 Å². The van der Waals surface area contributed by atoms with Gasteiger partial charge in [0.25, 0.3) is 0 Å². The molecule has 0 saturated heterocycles. The van der Waals surface area contributed by atoms with Gasteiger partial charge in [-0.1, -0.05) is 6.07 Å². The van der Waals surface area contributed by atoms with Crippen molar-refractivity contribution in [3.8, 4) is 11.4 Å². The maximum absolute atomic E-state index is 13.1. The Labute approximate surface area is 107 Å². The normalized spacial score (nSPS) is 11.1. The zero-order chi connectivity index (χ0) is 13.6. The number of aromatic amines is 1. The molecule has 0 amide bonds. The number of aromatic nitrogens is 2. The number of hydrogen-bond donors (Lipinski definition) is 2. The molecule has 5 heteroatoms. The zero-order valence-electron chi connectivity index (χ0n) is 10.1. The van der Waals surface area contributed by atoms with Gasteiger partial charge in [-0.05, 0) is 42.8 Å². The number of benzene rings is 2. The summed E-state index contributed by atoms with van der Waals surface area (Å²) in [6.45, 7) is 1.86. The number of H-pyrrole nitrogens is 1. The Morgan fingerprint density at radius 3 is 2.79 bits per heavy atom. The SMILES string of the molecule is Cc1ccc(O)c(-n2c(=O)[nH]c3cc(F)ccc32)c1. The van der Waals surface area contributed by atoms with E-state index in [0.717, 1.165) is 5.56 Å². The van der Waals surface area contributed by atoms with Crippen LogP contribution >= 0.6 is 0 Å². The van der Waals surface area contributed by atoms with Gasteiger partial charge in [0, 0.05) is 0 Å². The lowest BCUT2D eigenvalue weighted by Crippen LogP contribution is -2.14. The molecule has 0 unspecified atom stereocenters. The van der Waals surface area contributed by atoms with Gasteiger partial charge >= 0.3 is 5.69 Å². The molecule has 0 aliphatic heterocycles. The van der Waals surface area contributed by atoms with E-state index in [2.05, 4.69) is 4.98 Å². The number of aromatic hydroxyl groups is 1. The van der Waals surface area contributed by atoms with Crippen LogP contribution < -0.4 is 5.69 Å². The van der Waals surface area contributed by atoms with Gasteiger partial charge in [-0.2, -0.15) is 0 Å². The molecule has 0 saturated carbocycles. The van der Waals surface area contributed by atoms with E-state index in [4.69, 9.17) is 0 Å². The lowest BCUT2D eigenvalue weighted by molar-refractivity contribution is 0.472. The number of halogens is 1. The van der Waals surface area contributed by atoms with Crippen molar-refractivity contribution in [2.24, 2.45) is 0 Å². The van der Waals surface area contributed by atoms with E-state index < -0.39 is 11.5 Å². The summed E-state index contributed by atoms with van der Waals surface area (Å²) in [4.78, 5) is 14.6. The molecule has 96 valence electrons. The molecule has 1 aromatic heterocycles. The fraction of sp³-hybridized carbons (Fsp3) is 0.0714. The first-order chi connectivity index (χ1) is 9.06. The minimum Gasteiger partial charge on any atom is -0.506 e. The highest BCUT2D eigenvalue weighted by Crippen LogP contribution is 2.25. The van der Waals surface area contributed by atoms with Gasteiger partial charge in [0.15, 0.2) is 0 Å². The minimum atomic E-state index is -0.422. The number of phenolic OH excluding ortho intramolecular Hbond substituents is 1. The molecule has 0 atom stereocenters. The summed E-state index contributed by atoms with van der Waals surface area (Å²) in [5, 5.41) is 9.90. The van der Waals surface area contributed by atoms with Gasteiger partial charge in [-0.3, -0.25) is 4.57 Å². The van der Waals surface area contributed by atoms with Crippen LogP contribution in [0, 0.1) is 12.7 Å². The third kappa shape index (κ3) is 1.79. The predicted octanol–water partition coefficient (Wildman–Crippen LogP) is 2.47. The molecule has 3 aromatic rings. The van der Waals surface area contributed by atoms with Crippen LogP contribution in [-0.4, -0.2) is 14.7 Å². The predicted molar refractivity (Wildman–Crippen MR) is 70.3 cm³/mol. The molecule has 2 aromatic carbocycles. The first kappa shape index (κ1) is 11.5. The minimum absolute atomic E-state index is 0.00192.